The molecule has 0 amide bonds. The van der Waals surface area contributed by atoms with Crippen LogP contribution in [-0.2, 0) is 11.2 Å². The number of hydrogen-bond acceptors (Lipinski definition) is 6. The minimum absolute atomic E-state index is 0.270. The van der Waals surface area contributed by atoms with E-state index in [1.807, 2.05) is 30.3 Å². The van der Waals surface area contributed by atoms with Crippen molar-refractivity contribution in [2.75, 3.05) is 13.2 Å². The Morgan fingerprint density at radius 2 is 1.70 bits per heavy atom. The molecule has 1 aliphatic rings. The van der Waals surface area contributed by atoms with Gasteiger partial charge in [0.2, 0.25) is 0 Å². The van der Waals surface area contributed by atoms with Crippen LogP contribution in [0.15, 0.2) is 30.3 Å². The first-order valence-electron chi connectivity index (χ1n) is 6.59. The van der Waals surface area contributed by atoms with Gasteiger partial charge in [-0.2, -0.15) is 0 Å². The summed E-state index contributed by atoms with van der Waals surface area (Å²) in [5.74, 6) is 0. The van der Waals surface area contributed by atoms with Crippen LogP contribution in [0.25, 0.3) is 0 Å². The van der Waals surface area contributed by atoms with Crippen molar-refractivity contribution in [2.45, 2.75) is 35.4 Å². The van der Waals surface area contributed by atoms with Gasteiger partial charge < -0.3 is 25.2 Å². The number of ether oxygens (including phenoxy) is 1. The molecule has 5 unspecified atom stereocenters. The van der Waals surface area contributed by atoms with Crippen LogP contribution in [0.1, 0.15) is 5.56 Å². The van der Waals surface area contributed by atoms with Crippen molar-refractivity contribution in [2.24, 2.45) is 0 Å². The highest BCUT2D eigenvalue weighted by atomic mass is 32.2. The highest BCUT2D eigenvalue weighted by Crippen LogP contribution is 2.33. The van der Waals surface area contributed by atoms with E-state index in [2.05, 4.69) is 0 Å². The summed E-state index contributed by atoms with van der Waals surface area (Å²) in [4.78, 5) is 0. The zero-order valence-electron chi connectivity index (χ0n) is 11.0. The van der Waals surface area contributed by atoms with Crippen LogP contribution in [0.5, 0.6) is 0 Å². The molecule has 1 fully saturated rings. The Hall–Kier alpha value is -0.630. The van der Waals surface area contributed by atoms with Gasteiger partial charge >= 0.3 is 0 Å². The van der Waals surface area contributed by atoms with Crippen molar-refractivity contribution in [1.82, 2.24) is 0 Å². The van der Waals surface area contributed by atoms with Crippen molar-refractivity contribution >= 4 is 11.8 Å². The van der Waals surface area contributed by atoms with Gasteiger partial charge in [0.15, 0.2) is 0 Å². The van der Waals surface area contributed by atoms with Crippen molar-refractivity contribution in [3.8, 4) is 0 Å². The third kappa shape index (κ3) is 3.72. The van der Waals surface area contributed by atoms with E-state index in [4.69, 9.17) is 9.84 Å². The van der Waals surface area contributed by atoms with Crippen molar-refractivity contribution in [3.63, 3.8) is 0 Å². The predicted octanol–water partition coefficient (Wildman–Crippen LogP) is -0.238. The monoisotopic (exact) mass is 300 g/mol. The number of aliphatic hydroxyl groups is 4. The fourth-order valence-corrected chi connectivity index (χ4v) is 3.39. The molecule has 1 aromatic rings. The number of benzene rings is 1. The fraction of sp³-hybridized carbons (Fsp3) is 0.571. The zero-order chi connectivity index (χ0) is 14.5. The summed E-state index contributed by atoms with van der Waals surface area (Å²) in [5, 5.41) is 37.9. The minimum atomic E-state index is -1.30. The number of aliphatic hydroxyl groups excluding tert-OH is 4. The summed E-state index contributed by atoms with van der Waals surface area (Å²) in [6, 6.07) is 9.81. The van der Waals surface area contributed by atoms with E-state index in [-0.39, 0.29) is 6.61 Å². The van der Waals surface area contributed by atoms with Gasteiger partial charge in [-0.05, 0) is 12.0 Å². The van der Waals surface area contributed by atoms with Gasteiger partial charge in [0, 0.05) is 0 Å². The summed E-state index contributed by atoms with van der Waals surface area (Å²) < 4.78 is 5.58. The third-order valence-electron chi connectivity index (χ3n) is 3.36. The second-order valence-electron chi connectivity index (χ2n) is 4.80. The molecule has 2 rings (SSSR count). The average molecular weight is 300 g/mol. The van der Waals surface area contributed by atoms with Gasteiger partial charge in [-0.3, -0.25) is 0 Å². The van der Waals surface area contributed by atoms with Gasteiger partial charge in [0.1, 0.15) is 17.6 Å². The molecule has 20 heavy (non-hydrogen) atoms. The Kier molecular flexibility index (Phi) is 5.83. The van der Waals surface area contributed by atoms with Gasteiger partial charge in [0.05, 0.1) is 24.6 Å². The molecule has 0 aliphatic carbocycles. The molecule has 0 saturated carbocycles. The van der Waals surface area contributed by atoms with Crippen LogP contribution >= 0.6 is 11.8 Å². The van der Waals surface area contributed by atoms with Gasteiger partial charge in [-0.25, -0.2) is 0 Å². The fourth-order valence-electron chi connectivity index (χ4n) is 2.14. The molecule has 0 radical (unpaired) electrons. The molecule has 1 aromatic carbocycles. The van der Waals surface area contributed by atoms with Gasteiger partial charge in [-0.15, -0.1) is 11.8 Å². The molecule has 1 saturated heterocycles. The van der Waals surface area contributed by atoms with Crippen LogP contribution < -0.4 is 0 Å². The Morgan fingerprint density at radius 3 is 2.35 bits per heavy atom. The average Bonchev–Trinajstić information content (AvgIpc) is 2.48. The Morgan fingerprint density at radius 1 is 1.00 bits per heavy atom. The predicted molar refractivity (Wildman–Crippen MR) is 76.4 cm³/mol. The first kappa shape index (κ1) is 15.8. The molecule has 0 spiro atoms. The van der Waals surface area contributed by atoms with Crippen LogP contribution in [0, 0.1) is 0 Å². The minimum Gasteiger partial charge on any atom is -0.395 e. The first-order chi connectivity index (χ1) is 9.63. The van der Waals surface area contributed by atoms with Crippen LogP contribution in [0.2, 0.25) is 0 Å². The normalized spacial score (nSPS) is 34.1. The Balaban J connectivity index is 1.85. The van der Waals surface area contributed by atoms with E-state index >= 15 is 0 Å². The molecule has 0 aromatic heterocycles. The number of thioether (sulfide) groups is 1. The molecule has 5 atom stereocenters. The first-order valence-corrected chi connectivity index (χ1v) is 7.54. The maximum atomic E-state index is 9.88. The van der Waals surface area contributed by atoms with Crippen molar-refractivity contribution in [1.29, 1.82) is 0 Å². The highest BCUT2D eigenvalue weighted by Gasteiger charge is 2.43. The van der Waals surface area contributed by atoms with Crippen LogP contribution in [0.3, 0.4) is 0 Å². The van der Waals surface area contributed by atoms with Gasteiger partial charge in [0.25, 0.3) is 0 Å². The van der Waals surface area contributed by atoms with Crippen LogP contribution in [0.4, 0.5) is 0 Å². The molecule has 6 heteroatoms. The molecule has 1 heterocycles. The highest BCUT2D eigenvalue weighted by molar-refractivity contribution is 8.00. The standard InChI is InChI=1S/C14H20O5S/c15-8-10-11(16)12(17)13(18)14(20-10)19-7-6-9-4-2-1-3-5-9/h1-5,10-18H,6-8H2. The molecular weight excluding hydrogens is 280 g/mol. The van der Waals surface area contributed by atoms with E-state index in [9.17, 15) is 15.3 Å². The Bertz CT molecular complexity index is 400. The summed E-state index contributed by atoms with van der Waals surface area (Å²) in [6.45, 7) is 0.133. The molecule has 4 N–H and O–H groups in total. The molecule has 112 valence electrons. The van der Waals surface area contributed by atoms with Crippen molar-refractivity contribution in [3.05, 3.63) is 35.9 Å². The summed E-state index contributed by atoms with van der Waals surface area (Å²) in [6.07, 6.45) is -2.90. The maximum Gasteiger partial charge on any atom is 0.132 e. The number of rotatable bonds is 5. The third-order valence-corrected chi connectivity index (χ3v) is 4.82. The lowest BCUT2D eigenvalue weighted by Crippen LogP contribution is -2.54. The summed E-state index contributed by atoms with van der Waals surface area (Å²) in [7, 11) is 0. The van der Waals surface area contributed by atoms with E-state index < -0.39 is 29.0 Å². The number of hydrogen-bond donors (Lipinski definition) is 4. The molecule has 5 nitrogen and oxygen atoms in total. The molecule has 0 bridgehead atoms. The second-order valence-corrected chi connectivity index (χ2v) is 6.15. The van der Waals surface area contributed by atoms with Crippen LogP contribution in [-0.4, -0.2) is 62.6 Å². The largest absolute Gasteiger partial charge is 0.395 e. The molecular formula is C14H20O5S. The second kappa shape index (κ2) is 7.40. The SMILES string of the molecule is OCC1SC(OCCc2ccccc2)C(O)C(O)C1O. The van der Waals surface area contributed by atoms with E-state index in [1.54, 1.807) is 0 Å². The Labute approximate surface area is 122 Å². The lowest BCUT2D eigenvalue weighted by molar-refractivity contribution is -0.109. The maximum absolute atomic E-state index is 9.88. The quantitative estimate of drug-likeness (QED) is 0.600. The van der Waals surface area contributed by atoms with E-state index in [1.165, 1.54) is 0 Å². The van der Waals surface area contributed by atoms with E-state index in [0.717, 1.165) is 17.3 Å². The molecule has 1 aliphatic heterocycles. The zero-order valence-corrected chi connectivity index (χ0v) is 11.8. The van der Waals surface area contributed by atoms with Crippen molar-refractivity contribution < 1.29 is 25.2 Å². The lowest BCUT2D eigenvalue weighted by atomic mass is 10.0. The lowest BCUT2D eigenvalue weighted by Gasteiger charge is -2.39. The van der Waals surface area contributed by atoms with E-state index in [0.29, 0.717) is 13.0 Å². The van der Waals surface area contributed by atoms with Gasteiger partial charge in [-0.1, -0.05) is 30.3 Å². The summed E-state index contributed by atoms with van der Waals surface area (Å²) >= 11 is 1.15. The smallest absolute Gasteiger partial charge is 0.132 e. The topological polar surface area (TPSA) is 90.2 Å². The summed E-state index contributed by atoms with van der Waals surface area (Å²) in [5.41, 5.74) is 0.483.